The van der Waals surface area contributed by atoms with Gasteiger partial charge in [-0.3, -0.25) is 19.2 Å². The number of phenolic OH excluding ortho intramolecular Hbond substituents is 1. The van der Waals surface area contributed by atoms with E-state index in [9.17, 15) is 24.3 Å². The zero-order valence-electron chi connectivity index (χ0n) is 21.7. The van der Waals surface area contributed by atoms with E-state index >= 15 is 0 Å². The number of nitrogens with zero attached hydrogens (tertiary/aromatic N) is 1. The van der Waals surface area contributed by atoms with Gasteiger partial charge in [0.25, 0.3) is 17.4 Å². The maximum absolute atomic E-state index is 13.4. The summed E-state index contributed by atoms with van der Waals surface area (Å²) >= 11 is 0. The van der Waals surface area contributed by atoms with Crippen LogP contribution in [0.1, 0.15) is 56.8 Å². The number of rotatable bonds is 1. The fraction of sp³-hybridized carbons (Fsp3) is 0.333. The molecular weight excluding hydrogens is 496 g/mol. The molecule has 2 heterocycles. The third-order valence-corrected chi connectivity index (χ3v) is 7.31. The number of amides is 3. The summed E-state index contributed by atoms with van der Waals surface area (Å²) in [7, 11) is 0. The number of aromatic nitrogens is 1. The number of pyridine rings is 1. The van der Waals surface area contributed by atoms with E-state index in [-0.39, 0.29) is 36.2 Å². The normalized spacial score (nSPS) is 16.5. The Balaban J connectivity index is 1.37. The van der Waals surface area contributed by atoms with E-state index < -0.39 is 11.5 Å². The second-order valence-electron chi connectivity index (χ2n) is 10.1. The first kappa shape index (κ1) is 26.2. The van der Waals surface area contributed by atoms with E-state index in [2.05, 4.69) is 15.6 Å². The number of hydrogen-bond donors (Lipinski definition) is 4. The van der Waals surface area contributed by atoms with Crippen LogP contribution in [0.4, 0.5) is 0 Å². The van der Waals surface area contributed by atoms with Crippen molar-refractivity contribution < 1.29 is 19.5 Å². The standard InChI is InChI=1S/C30H32N4O5/c35-26-10-9-19-11-13-31-27(36)18-34(30(39)24-17-21-6-4-8-25(21)33-29(24)38)14-2-1-12-32-28(37)22-7-3-5-20(16-22)23(26)15-19/h3,5,7,9-10,15-17,35H,1-2,4,6,8,11-14,18H2,(H,31,36)(H,32,37)(H,33,38). The van der Waals surface area contributed by atoms with Crippen LogP contribution in [0.5, 0.6) is 5.75 Å². The molecule has 9 nitrogen and oxygen atoms in total. The first-order valence-corrected chi connectivity index (χ1v) is 13.4. The summed E-state index contributed by atoms with van der Waals surface area (Å²) in [6, 6.07) is 14.0. The molecule has 1 aliphatic carbocycles. The second kappa shape index (κ2) is 11.6. The molecule has 0 atom stereocenters. The summed E-state index contributed by atoms with van der Waals surface area (Å²) in [6.07, 6.45) is 4.18. The number of hydrogen-bond acceptors (Lipinski definition) is 5. The van der Waals surface area contributed by atoms with Gasteiger partial charge in [0.2, 0.25) is 5.91 Å². The Hall–Kier alpha value is -4.40. The molecule has 1 aromatic heterocycles. The van der Waals surface area contributed by atoms with Crippen molar-refractivity contribution in [3.63, 3.8) is 0 Å². The van der Waals surface area contributed by atoms with Gasteiger partial charge in [-0.05, 0) is 85.5 Å². The summed E-state index contributed by atoms with van der Waals surface area (Å²) in [5.74, 6) is -0.919. The first-order chi connectivity index (χ1) is 18.9. The van der Waals surface area contributed by atoms with Crippen LogP contribution in [0.3, 0.4) is 0 Å². The quantitative estimate of drug-likeness (QED) is 0.386. The molecule has 0 radical (unpaired) electrons. The monoisotopic (exact) mass is 528 g/mol. The molecule has 0 saturated heterocycles. The SMILES string of the molecule is O=C1CN(C(=O)c2cc3c([nH]c2=O)CCC3)CCCCNC(=O)c2cccc(c2)-c2cc(ccc2O)CCN1. The highest BCUT2D eigenvalue weighted by molar-refractivity contribution is 5.97. The molecule has 3 amide bonds. The molecule has 0 fully saturated rings. The van der Waals surface area contributed by atoms with Crippen molar-refractivity contribution in [3.8, 4) is 16.9 Å². The Labute approximate surface area is 226 Å². The summed E-state index contributed by atoms with van der Waals surface area (Å²) in [6.45, 7) is 0.826. The molecule has 9 heteroatoms. The van der Waals surface area contributed by atoms with Crippen molar-refractivity contribution in [1.29, 1.82) is 0 Å². The van der Waals surface area contributed by atoms with Crippen LogP contribution in [0.15, 0.2) is 53.3 Å². The summed E-state index contributed by atoms with van der Waals surface area (Å²) in [5.41, 5.74) is 4.19. The number of aromatic amines is 1. The topological polar surface area (TPSA) is 132 Å². The van der Waals surface area contributed by atoms with Crippen molar-refractivity contribution in [2.45, 2.75) is 38.5 Å². The number of phenols is 1. The molecular formula is C30H32N4O5. The molecule has 2 aliphatic rings. The van der Waals surface area contributed by atoms with Gasteiger partial charge in [-0.2, -0.15) is 0 Å². The van der Waals surface area contributed by atoms with E-state index in [1.807, 2.05) is 12.1 Å². The number of H-pyrrole nitrogens is 1. The molecule has 4 bridgehead atoms. The van der Waals surface area contributed by atoms with Gasteiger partial charge in [-0.15, -0.1) is 0 Å². The molecule has 1 aliphatic heterocycles. The maximum Gasteiger partial charge on any atom is 0.261 e. The van der Waals surface area contributed by atoms with E-state index in [0.29, 0.717) is 43.5 Å². The Morgan fingerprint density at radius 3 is 2.56 bits per heavy atom. The number of carbonyl (C=O) groups excluding carboxylic acids is 3. The number of carbonyl (C=O) groups is 3. The van der Waals surface area contributed by atoms with Crippen molar-refractivity contribution in [3.05, 3.63) is 86.8 Å². The zero-order valence-corrected chi connectivity index (χ0v) is 21.7. The van der Waals surface area contributed by atoms with E-state index in [0.717, 1.165) is 41.6 Å². The molecule has 0 saturated carbocycles. The second-order valence-corrected chi connectivity index (χ2v) is 10.1. The molecule has 202 valence electrons. The lowest BCUT2D eigenvalue weighted by Gasteiger charge is -2.22. The smallest absolute Gasteiger partial charge is 0.261 e. The number of aromatic hydroxyl groups is 1. The number of benzene rings is 2. The van der Waals surface area contributed by atoms with Gasteiger partial charge in [0.05, 0.1) is 6.54 Å². The highest BCUT2D eigenvalue weighted by Gasteiger charge is 2.24. The van der Waals surface area contributed by atoms with Gasteiger partial charge in [-0.25, -0.2) is 0 Å². The lowest BCUT2D eigenvalue weighted by molar-refractivity contribution is -0.121. The van der Waals surface area contributed by atoms with Crippen LogP contribution in [-0.2, 0) is 24.1 Å². The zero-order chi connectivity index (χ0) is 27.4. The number of nitrogens with one attached hydrogen (secondary N) is 3. The van der Waals surface area contributed by atoms with Crippen LogP contribution < -0.4 is 16.2 Å². The Morgan fingerprint density at radius 2 is 1.69 bits per heavy atom. The van der Waals surface area contributed by atoms with E-state index in [1.54, 1.807) is 36.4 Å². The third kappa shape index (κ3) is 6.03. The summed E-state index contributed by atoms with van der Waals surface area (Å²) < 4.78 is 0. The lowest BCUT2D eigenvalue weighted by Crippen LogP contribution is -2.43. The van der Waals surface area contributed by atoms with Gasteiger partial charge in [0.15, 0.2) is 0 Å². The lowest BCUT2D eigenvalue weighted by atomic mass is 9.98. The number of aryl methyl sites for hydroxylation is 2. The minimum Gasteiger partial charge on any atom is -0.507 e. The van der Waals surface area contributed by atoms with Crippen LogP contribution in [0.25, 0.3) is 11.1 Å². The Bertz CT molecular complexity index is 1480. The summed E-state index contributed by atoms with van der Waals surface area (Å²) in [5, 5.41) is 16.2. The van der Waals surface area contributed by atoms with Crippen LogP contribution in [-0.4, -0.2) is 58.9 Å². The molecule has 5 rings (SSSR count). The largest absolute Gasteiger partial charge is 0.507 e. The highest BCUT2D eigenvalue weighted by Crippen LogP contribution is 2.31. The molecule has 0 unspecified atom stereocenters. The van der Waals surface area contributed by atoms with Crippen LogP contribution in [0, 0.1) is 0 Å². The summed E-state index contributed by atoms with van der Waals surface area (Å²) in [4.78, 5) is 56.0. The average molecular weight is 529 g/mol. The molecule has 4 N–H and O–H groups in total. The maximum atomic E-state index is 13.4. The molecule has 3 aromatic rings. The van der Waals surface area contributed by atoms with Crippen LogP contribution >= 0.6 is 0 Å². The predicted octanol–water partition coefficient (Wildman–Crippen LogP) is 2.56. The van der Waals surface area contributed by atoms with Gasteiger partial charge in [-0.1, -0.05) is 18.2 Å². The Morgan fingerprint density at radius 1 is 0.846 bits per heavy atom. The van der Waals surface area contributed by atoms with Gasteiger partial charge in [0.1, 0.15) is 11.3 Å². The molecule has 0 spiro atoms. The van der Waals surface area contributed by atoms with Crippen LogP contribution in [0.2, 0.25) is 0 Å². The highest BCUT2D eigenvalue weighted by atomic mass is 16.3. The van der Waals surface area contributed by atoms with Crippen molar-refractivity contribution in [1.82, 2.24) is 20.5 Å². The number of fused-ring (bicyclic) bond motifs is 6. The van der Waals surface area contributed by atoms with Crippen molar-refractivity contribution in [2.75, 3.05) is 26.2 Å². The van der Waals surface area contributed by atoms with E-state index in [4.69, 9.17) is 0 Å². The third-order valence-electron chi connectivity index (χ3n) is 7.31. The van der Waals surface area contributed by atoms with Gasteiger partial charge >= 0.3 is 0 Å². The van der Waals surface area contributed by atoms with Crippen molar-refractivity contribution in [2.24, 2.45) is 0 Å². The van der Waals surface area contributed by atoms with Crippen molar-refractivity contribution >= 4 is 17.7 Å². The molecule has 2 aromatic carbocycles. The fourth-order valence-electron chi connectivity index (χ4n) is 5.20. The predicted molar refractivity (Wildman–Crippen MR) is 147 cm³/mol. The Kier molecular flexibility index (Phi) is 7.76. The molecule has 39 heavy (non-hydrogen) atoms. The minimum absolute atomic E-state index is 0.0513. The van der Waals surface area contributed by atoms with Gasteiger partial charge < -0.3 is 25.6 Å². The first-order valence-electron chi connectivity index (χ1n) is 13.4. The average Bonchev–Trinajstić information content (AvgIpc) is 3.39. The minimum atomic E-state index is -0.473. The van der Waals surface area contributed by atoms with Gasteiger partial charge in [0, 0.05) is 36.5 Å². The van der Waals surface area contributed by atoms with E-state index in [1.165, 1.54) is 4.90 Å². The fourth-order valence-corrected chi connectivity index (χ4v) is 5.20.